The van der Waals surface area contributed by atoms with Gasteiger partial charge in [-0.2, -0.15) is 0 Å². The molecule has 1 rings (SSSR count). The van der Waals surface area contributed by atoms with E-state index in [9.17, 15) is 0 Å². The number of rotatable bonds is 5. The molecule has 3 heteroatoms. The number of aryl methyl sites for hydroxylation is 1. The Morgan fingerprint density at radius 3 is 2.71 bits per heavy atom. The highest BCUT2D eigenvalue weighted by atomic mass is 16.5. The van der Waals surface area contributed by atoms with Crippen LogP contribution in [0, 0.1) is 6.92 Å². The largest absolute Gasteiger partial charge is 0.489 e. The summed E-state index contributed by atoms with van der Waals surface area (Å²) in [6, 6.07) is 6.08. The van der Waals surface area contributed by atoms with Crippen LogP contribution in [-0.2, 0) is 4.74 Å². The number of ether oxygens (including phenoxy) is 2. The number of hydrogen-bond acceptors (Lipinski definition) is 3. The molecule has 0 radical (unpaired) electrons. The molecule has 0 spiro atoms. The van der Waals surface area contributed by atoms with Gasteiger partial charge in [-0.05, 0) is 24.6 Å². The van der Waals surface area contributed by atoms with E-state index in [4.69, 9.17) is 9.47 Å². The van der Waals surface area contributed by atoms with Gasteiger partial charge in [0.05, 0.1) is 12.3 Å². The van der Waals surface area contributed by atoms with Crippen molar-refractivity contribution in [3.63, 3.8) is 0 Å². The quantitative estimate of drug-likeness (QED) is 0.729. The van der Waals surface area contributed by atoms with Crippen molar-refractivity contribution in [1.29, 1.82) is 0 Å². The molecule has 0 saturated heterocycles. The molecule has 1 aromatic rings. The molecule has 14 heavy (non-hydrogen) atoms. The molecule has 1 N–H and O–H groups in total. The zero-order valence-electron chi connectivity index (χ0n) is 8.96. The van der Waals surface area contributed by atoms with E-state index in [0.717, 1.165) is 11.4 Å². The monoisotopic (exact) mass is 195 g/mol. The summed E-state index contributed by atoms with van der Waals surface area (Å²) in [5.41, 5.74) is 2.20. The standard InChI is InChI=1S/C11H17NO2/c1-9-4-5-10(12-2)11(8-9)14-7-6-13-3/h4-5,8,12H,6-7H2,1-3H3. The molecule has 0 atom stereocenters. The molecular weight excluding hydrogens is 178 g/mol. The lowest BCUT2D eigenvalue weighted by Gasteiger charge is -2.11. The average molecular weight is 195 g/mol. The van der Waals surface area contributed by atoms with Gasteiger partial charge in [0.25, 0.3) is 0 Å². The Morgan fingerprint density at radius 1 is 1.29 bits per heavy atom. The van der Waals surface area contributed by atoms with Gasteiger partial charge >= 0.3 is 0 Å². The summed E-state index contributed by atoms with van der Waals surface area (Å²) in [6.07, 6.45) is 0. The second-order valence-electron chi connectivity index (χ2n) is 3.09. The van der Waals surface area contributed by atoms with Crippen molar-refractivity contribution in [3.05, 3.63) is 23.8 Å². The second-order valence-corrected chi connectivity index (χ2v) is 3.09. The number of nitrogens with one attached hydrogen (secondary N) is 1. The first kappa shape index (κ1) is 10.9. The first-order valence-electron chi connectivity index (χ1n) is 4.68. The third kappa shape index (κ3) is 2.92. The van der Waals surface area contributed by atoms with Crippen LogP contribution >= 0.6 is 0 Å². The lowest BCUT2D eigenvalue weighted by molar-refractivity contribution is 0.146. The van der Waals surface area contributed by atoms with Crippen molar-refractivity contribution in [2.24, 2.45) is 0 Å². The third-order valence-electron chi connectivity index (χ3n) is 1.95. The smallest absolute Gasteiger partial charge is 0.142 e. The van der Waals surface area contributed by atoms with Crippen molar-refractivity contribution in [2.75, 3.05) is 32.7 Å². The second kappa shape index (κ2) is 5.50. The summed E-state index contributed by atoms with van der Waals surface area (Å²) >= 11 is 0. The van der Waals surface area contributed by atoms with Gasteiger partial charge in [-0.3, -0.25) is 0 Å². The van der Waals surface area contributed by atoms with Crippen LogP contribution in [0.5, 0.6) is 5.75 Å². The van der Waals surface area contributed by atoms with E-state index < -0.39 is 0 Å². The molecule has 0 amide bonds. The van der Waals surface area contributed by atoms with Gasteiger partial charge in [0, 0.05) is 14.2 Å². The maximum Gasteiger partial charge on any atom is 0.142 e. The van der Waals surface area contributed by atoms with Gasteiger partial charge in [-0.1, -0.05) is 6.07 Å². The molecule has 0 heterocycles. The summed E-state index contributed by atoms with van der Waals surface area (Å²) in [4.78, 5) is 0. The van der Waals surface area contributed by atoms with Crippen molar-refractivity contribution in [3.8, 4) is 5.75 Å². The molecule has 0 fully saturated rings. The van der Waals surface area contributed by atoms with Gasteiger partial charge in [-0.25, -0.2) is 0 Å². The fourth-order valence-corrected chi connectivity index (χ4v) is 1.19. The van der Waals surface area contributed by atoms with Crippen molar-refractivity contribution < 1.29 is 9.47 Å². The van der Waals surface area contributed by atoms with Crippen LogP contribution in [0.2, 0.25) is 0 Å². The summed E-state index contributed by atoms with van der Waals surface area (Å²) < 4.78 is 10.5. The van der Waals surface area contributed by atoms with Crippen LogP contribution in [0.3, 0.4) is 0 Å². The molecule has 1 aromatic carbocycles. The van der Waals surface area contributed by atoms with Gasteiger partial charge in [0.2, 0.25) is 0 Å². The minimum absolute atomic E-state index is 0.578. The van der Waals surface area contributed by atoms with E-state index >= 15 is 0 Å². The lowest BCUT2D eigenvalue weighted by Crippen LogP contribution is -2.06. The Kier molecular flexibility index (Phi) is 4.26. The predicted octanol–water partition coefficient (Wildman–Crippen LogP) is 2.06. The highest BCUT2D eigenvalue weighted by molar-refractivity contribution is 5.57. The van der Waals surface area contributed by atoms with E-state index in [2.05, 4.69) is 11.4 Å². The minimum atomic E-state index is 0.578. The number of hydrogen-bond donors (Lipinski definition) is 1. The van der Waals surface area contributed by atoms with E-state index in [1.165, 1.54) is 5.56 Å². The van der Waals surface area contributed by atoms with Gasteiger partial charge in [-0.15, -0.1) is 0 Å². The Morgan fingerprint density at radius 2 is 2.07 bits per heavy atom. The van der Waals surface area contributed by atoms with Gasteiger partial charge in [0.15, 0.2) is 0 Å². The molecule has 0 bridgehead atoms. The normalized spacial score (nSPS) is 9.93. The van der Waals surface area contributed by atoms with E-state index in [-0.39, 0.29) is 0 Å². The molecule has 78 valence electrons. The predicted molar refractivity (Wildman–Crippen MR) is 58.1 cm³/mol. The minimum Gasteiger partial charge on any atom is -0.489 e. The Hall–Kier alpha value is -1.22. The van der Waals surface area contributed by atoms with E-state index in [1.54, 1.807) is 7.11 Å². The number of benzene rings is 1. The maximum atomic E-state index is 5.56. The highest BCUT2D eigenvalue weighted by Gasteiger charge is 2.01. The van der Waals surface area contributed by atoms with Crippen molar-refractivity contribution in [1.82, 2.24) is 0 Å². The molecule has 0 aromatic heterocycles. The lowest BCUT2D eigenvalue weighted by atomic mass is 10.2. The third-order valence-corrected chi connectivity index (χ3v) is 1.95. The maximum absolute atomic E-state index is 5.56. The number of methoxy groups -OCH3 is 1. The Balaban J connectivity index is 2.67. The summed E-state index contributed by atoms with van der Waals surface area (Å²) in [5, 5.41) is 3.08. The van der Waals surface area contributed by atoms with Crippen molar-refractivity contribution >= 4 is 5.69 Å². The van der Waals surface area contributed by atoms with Crippen LogP contribution in [0.4, 0.5) is 5.69 Å². The summed E-state index contributed by atoms with van der Waals surface area (Å²) in [6.45, 7) is 3.23. The molecule has 0 aliphatic heterocycles. The number of anilines is 1. The molecule has 0 aliphatic rings. The van der Waals surface area contributed by atoms with Gasteiger partial charge in [0.1, 0.15) is 12.4 Å². The fraction of sp³-hybridized carbons (Fsp3) is 0.455. The molecule has 3 nitrogen and oxygen atoms in total. The van der Waals surface area contributed by atoms with Crippen LogP contribution in [0.15, 0.2) is 18.2 Å². The average Bonchev–Trinajstić information content (AvgIpc) is 2.19. The van der Waals surface area contributed by atoms with Crippen molar-refractivity contribution in [2.45, 2.75) is 6.92 Å². The van der Waals surface area contributed by atoms with Gasteiger partial charge < -0.3 is 14.8 Å². The SMILES string of the molecule is CNc1ccc(C)cc1OCCOC. The topological polar surface area (TPSA) is 30.5 Å². The van der Waals surface area contributed by atoms with Crippen LogP contribution in [-0.4, -0.2) is 27.4 Å². The Labute approximate surface area is 85.0 Å². The Bertz CT molecular complexity index is 287. The van der Waals surface area contributed by atoms with E-state index in [0.29, 0.717) is 13.2 Å². The fourth-order valence-electron chi connectivity index (χ4n) is 1.19. The molecular formula is C11H17NO2. The summed E-state index contributed by atoms with van der Waals surface area (Å²) in [7, 11) is 3.55. The molecule has 0 aliphatic carbocycles. The zero-order valence-corrected chi connectivity index (χ0v) is 8.96. The van der Waals surface area contributed by atoms with Crippen LogP contribution in [0.1, 0.15) is 5.56 Å². The van der Waals surface area contributed by atoms with E-state index in [1.807, 2.05) is 26.1 Å². The molecule has 0 unspecified atom stereocenters. The first-order chi connectivity index (χ1) is 6.77. The first-order valence-corrected chi connectivity index (χ1v) is 4.68. The van der Waals surface area contributed by atoms with Crippen LogP contribution < -0.4 is 10.1 Å². The highest BCUT2D eigenvalue weighted by Crippen LogP contribution is 2.24. The zero-order chi connectivity index (χ0) is 10.4. The van der Waals surface area contributed by atoms with Crippen LogP contribution in [0.25, 0.3) is 0 Å². The molecule has 0 saturated carbocycles. The summed E-state index contributed by atoms with van der Waals surface area (Å²) in [5.74, 6) is 0.879.